The first kappa shape index (κ1) is 15.6. The highest BCUT2D eigenvalue weighted by atomic mass is 16.5. The number of benzene rings is 2. The van der Waals surface area contributed by atoms with E-state index in [2.05, 4.69) is 5.32 Å². The van der Waals surface area contributed by atoms with E-state index in [1.807, 2.05) is 6.07 Å². The van der Waals surface area contributed by atoms with E-state index in [0.29, 0.717) is 17.0 Å². The van der Waals surface area contributed by atoms with Crippen molar-refractivity contribution in [3.63, 3.8) is 0 Å². The maximum atomic E-state index is 12.0. The van der Waals surface area contributed by atoms with Crippen LogP contribution in [0, 0.1) is 0 Å². The Kier molecular flexibility index (Phi) is 5.14. The lowest BCUT2D eigenvalue weighted by Gasteiger charge is -2.13. The first-order valence-corrected chi connectivity index (χ1v) is 6.82. The van der Waals surface area contributed by atoms with Crippen LogP contribution in [0.5, 0.6) is 5.75 Å². The van der Waals surface area contributed by atoms with Crippen molar-refractivity contribution in [2.24, 2.45) is 0 Å². The lowest BCUT2D eigenvalue weighted by Crippen LogP contribution is -2.20. The van der Waals surface area contributed by atoms with Gasteiger partial charge in [0.2, 0.25) is 5.91 Å². The zero-order valence-corrected chi connectivity index (χ0v) is 12.2. The minimum absolute atomic E-state index is 0.128. The molecule has 0 spiro atoms. The van der Waals surface area contributed by atoms with E-state index in [9.17, 15) is 14.7 Å². The zero-order valence-electron chi connectivity index (χ0n) is 12.2. The van der Waals surface area contributed by atoms with E-state index in [0.717, 1.165) is 0 Å². The highest BCUT2D eigenvalue weighted by Gasteiger charge is 2.23. The van der Waals surface area contributed by atoms with Gasteiger partial charge in [-0.1, -0.05) is 30.3 Å². The standard InChI is InChI=1S/C17H17NO4/c1-22-14-9-7-12(8-10-14)15(17(20)21)11-16(19)18-13-5-3-2-4-6-13/h2-10,15H,11H2,1H3,(H,18,19)(H,20,21)/t15-/m0/s1. The second-order valence-corrected chi connectivity index (χ2v) is 4.78. The molecule has 0 saturated carbocycles. The topological polar surface area (TPSA) is 75.6 Å². The molecule has 2 aromatic rings. The second kappa shape index (κ2) is 7.26. The molecule has 1 amide bonds. The van der Waals surface area contributed by atoms with E-state index in [4.69, 9.17) is 4.74 Å². The summed E-state index contributed by atoms with van der Waals surface area (Å²) >= 11 is 0. The molecule has 0 fully saturated rings. The summed E-state index contributed by atoms with van der Waals surface area (Å²) in [4.78, 5) is 23.5. The lowest BCUT2D eigenvalue weighted by molar-refractivity contribution is -0.140. The monoisotopic (exact) mass is 299 g/mol. The molecule has 0 aliphatic carbocycles. The molecule has 0 aromatic heterocycles. The fraction of sp³-hybridized carbons (Fsp3) is 0.176. The molecule has 5 heteroatoms. The summed E-state index contributed by atoms with van der Waals surface area (Å²) in [6.45, 7) is 0. The summed E-state index contributed by atoms with van der Waals surface area (Å²) in [6, 6.07) is 15.6. The smallest absolute Gasteiger partial charge is 0.311 e. The summed E-state index contributed by atoms with van der Waals surface area (Å²) in [6.07, 6.45) is -0.128. The predicted molar refractivity (Wildman–Crippen MR) is 83.1 cm³/mol. The zero-order chi connectivity index (χ0) is 15.9. The van der Waals surface area contributed by atoms with E-state index in [1.54, 1.807) is 48.5 Å². The lowest BCUT2D eigenvalue weighted by atomic mass is 9.95. The second-order valence-electron chi connectivity index (χ2n) is 4.78. The molecular weight excluding hydrogens is 282 g/mol. The fourth-order valence-electron chi connectivity index (χ4n) is 2.10. The Morgan fingerprint density at radius 2 is 1.73 bits per heavy atom. The Hall–Kier alpha value is -2.82. The number of para-hydroxylation sites is 1. The third kappa shape index (κ3) is 4.09. The molecule has 5 nitrogen and oxygen atoms in total. The van der Waals surface area contributed by atoms with Gasteiger partial charge < -0.3 is 15.2 Å². The molecule has 2 rings (SSSR count). The SMILES string of the molecule is COc1ccc([C@H](CC(=O)Nc2ccccc2)C(=O)O)cc1. The first-order valence-electron chi connectivity index (χ1n) is 6.82. The third-order valence-electron chi connectivity index (χ3n) is 3.26. The van der Waals surface area contributed by atoms with Crippen LogP contribution < -0.4 is 10.1 Å². The number of anilines is 1. The van der Waals surface area contributed by atoms with Gasteiger partial charge in [0.05, 0.1) is 13.0 Å². The Morgan fingerprint density at radius 1 is 1.09 bits per heavy atom. The minimum atomic E-state index is -1.03. The summed E-state index contributed by atoms with van der Waals surface area (Å²) in [5.41, 5.74) is 1.21. The van der Waals surface area contributed by atoms with E-state index in [1.165, 1.54) is 7.11 Å². The Labute approximate surface area is 128 Å². The molecular formula is C17H17NO4. The molecule has 114 valence electrons. The van der Waals surface area contributed by atoms with Crippen LogP contribution in [0.15, 0.2) is 54.6 Å². The summed E-state index contributed by atoms with van der Waals surface area (Å²) in [5.74, 6) is -1.63. The van der Waals surface area contributed by atoms with Gasteiger partial charge >= 0.3 is 5.97 Å². The van der Waals surface area contributed by atoms with Crippen LogP contribution in [0.4, 0.5) is 5.69 Å². The van der Waals surface area contributed by atoms with E-state index >= 15 is 0 Å². The van der Waals surface area contributed by atoms with Gasteiger partial charge in [0, 0.05) is 12.1 Å². The molecule has 0 heterocycles. The normalized spacial score (nSPS) is 11.5. The van der Waals surface area contributed by atoms with Crippen molar-refractivity contribution in [3.8, 4) is 5.75 Å². The number of carbonyl (C=O) groups excluding carboxylic acids is 1. The average Bonchev–Trinajstić information content (AvgIpc) is 2.53. The Balaban J connectivity index is 2.08. The molecule has 0 radical (unpaired) electrons. The van der Waals surface area contributed by atoms with Gasteiger partial charge in [-0.25, -0.2) is 0 Å². The molecule has 0 bridgehead atoms. The first-order chi connectivity index (χ1) is 10.6. The average molecular weight is 299 g/mol. The number of amides is 1. The largest absolute Gasteiger partial charge is 0.497 e. The van der Waals surface area contributed by atoms with Crippen LogP contribution in [-0.2, 0) is 9.59 Å². The van der Waals surface area contributed by atoms with Crippen molar-refractivity contribution < 1.29 is 19.4 Å². The number of nitrogens with one attached hydrogen (secondary N) is 1. The molecule has 1 atom stereocenters. The van der Waals surface area contributed by atoms with Crippen LogP contribution in [0.3, 0.4) is 0 Å². The number of carboxylic acids is 1. The van der Waals surface area contributed by atoms with Crippen molar-refractivity contribution in [1.82, 2.24) is 0 Å². The number of ether oxygens (including phenoxy) is 1. The van der Waals surface area contributed by atoms with Gasteiger partial charge in [0.1, 0.15) is 5.75 Å². The summed E-state index contributed by atoms with van der Waals surface area (Å²) in [7, 11) is 1.54. The van der Waals surface area contributed by atoms with Crippen molar-refractivity contribution in [2.45, 2.75) is 12.3 Å². The molecule has 2 aromatic carbocycles. The van der Waals surface area contributed by atoms with Crippen LogP contribution in [0.2, 0.25) is 0 Å². The van der Waals surface area contributed by atoms with Gasteiger partial charge in [0.25, 0.3) is 0 Å². The maximum absolute atomic E-state index is 12.0. The molecule has 0 aliphatic rings. The molecule has 22 heavy (non-hydrogen) atoms. The molecule has 0 unspecified atom stereocenters. The number of carboxylic acid groups (broad SMARTS) is 1. The number of carbonyl (C=O) groups is 2. The molecule has 0 aliphatic heterocycles. The quantitative estimate of drug-likeness (QED) is 0.860. The van der Waals surface area contributed by atoms with Crippen LogP contribution in [0.1, 0.15) is 17.9 Å². The Bertz CT molecular complexity index is 637. The van der Waals surface area contributed by atoms with E-state index < -0.39 is 11.9 Å². The Morgan fingerprint density at radius 3 is 2.27 bits per heavy atom. The fourth-order valence-corrected chi connectivity index (χ4v) is 2.10. The van der Waals surface area contributed by atoms with Gasteiger partial charge in [0.15, 0.2) is 0 Å². The van der Waals surface area contributed by atoms with Gasteiger partial charge in [-0.3, -0.25) is 9.59 Å². The van der Waals surface area contributed by atoms with Gasteiger partial charge in [-0.05, 0) is 29.8 Å². The number of methoxy groups -OCH3 is 1. The molecule has 2 N–H and O–H groups in total. The predicted octanol–water partition coefficient (Wildman–Crippen LogP) is 2.89. The maximum Gasteiger partial charge on any atom is 0.311 e. The van der Waals surface area contributed by atoms with Crippen molar-refractivity contribution in [1.29, 1.82) is 0 Å². The highest BCUT2D eigenvalue weighted by molar-refractivity contribution is 5.94. The van der Waals surface area contributed by atoms with Crippen molar-refractivity contribution in [3.05, 3.63) is 60.2 Å². The number of hydrogen-bond acceptors (Lipinski definition) is 3. The minimum Gasteiger partial charge on any atom is -0.497 e. The number of hydrogen-bond donors (Lipinski definition) is 2. The molecule has 0 saturated heterocycles. The van der Waals surface area contributed by atoms with Crippen LogP contribution in [-0.4, -0.2) is 24.1 Å². The van der Waals surface area contributed by atoms with Gasteiger partial charge in [-0.2, -0.15) is 0 Å². The van der Waals surface area contributed by atoms with Gasteiger partial charge in [-0.15, -0.1) is 0 Å². The van der Waals surface area contributed by atoms with Crippen molar-refractivity contribution in [2.75, 3.05) is 12.4 Å². The number of aliphatic carboxylic acids is 1. The highest BCUT2D eigenvalue weighted by Crippen LogP contribution is 2.23. The van der Waals surface area contributed by atoms with Crippen LogP contribution in [0.25, 0.3) is 0 Å². The number of rotatable bonds is 6. The van der Waals surface area contributed by atoms with Crippen LogP contribution >= 0.6 is 0 Å². The summed E-state index contributed by atoms with van der Waals surface area (Å²) in [5, 5.41) is 12.0. The third-order valence-corrected chi connectivity index (χ3v) is 3.26. The summed E-state index contributed by atoms with van der Waals surface area (Å²) < 4.78 is 5.04. The van der Waals surface area contributed by atoms with E-state index in [-0.39, 0.29) is 12.3 Å². The van der Waals surface area contributed by atoms with Crippen molar-refractivity contribution >= 4 is 17.6 Å².